The molecule has 2 amide bonds. The fourth-order valence-corrected chi connectivity index (χ4v) is 3.49. The summed E-state index contributed by atoms with van der Waals surface area (Å²) >= 11 is 6.32. The molecule has 3 rings (SSSR count). The van der Waals surface area contributed by atoms with E-state index < -0.39 is 12.0 Å². The number of pyridine rings is 1. The summed E-state index contributed by atoms with van der Waals surface area (Å²) in [6.07, 6.45) is 1.28. The van der Waals surface area contributed by atoms with E-state index in [4.69, 9.17) is 16.7 Å². The first-order valence-electron chi connectivity index (χ1n) is 8.03. The van der Waals surface area contributed by atoms with Crippen LogP contribution in [0.3, 0.4) is 0 Å². The van der Waals surface area contributed by atoms with Crippen LogP contribution < -0.4 is 10.9 Å². The largest absolute Gasteiger partial charge is 0.464 e. The molecule has 2 aromatic rings. The first-order chi connectivity index (χ1) is 12.0. The van der Waals surface area contributed by atoms with E-state index in [0.29, 0.717) is 5.92 Å². The van der Waals surface area contributed by atoms with Gasteiger partial charge in [0.2, 0.25) is 0 Å². The molecule has 1 unspecified atom stereocenters. The van der Waals surface area contributed by atoms with Gasteiger partial charge in [-0.1, -0.05) is 48.9 Å². The number of benzene rings is 1. The lowest BCUT2D eigenvalue weighted by Crippen LogP contribution is -2.41. The van der Waals surface area contributed by atoms with Crippen molar-refractivity contribution in [1.29, 1.82) is 0 Å². The molecule has 25 heavy (non-hydrogen) atoms. The highest BCUT2D eigenvalue weighted by Crippen LogP contribution is 2.38. The molecule has 0 fully saturated rings. The Morgan fingerprint density at radius 1 is 1.24 bits per heavy atom. The number of carbonyl (C=O) groups is 2. The maximum atomic E-state index is 12.6. The Balaban J connectivity index is 2.18. The Kier molecular flexibility index (Phi) is 4.90. The number of amides is 2. The van der Waals surface area contributed by atoms with Crippen LogP contribution in [0.2, 0.25) is 5.15 Å². The number of nitrogens with zero attached hydrogens (tertiary/aromatic N) is 1. The molecule has 1 aromatic heterocycles. The SMILES string of the molecule is CC1CCc2nc(Cl)c(C(=O)NNC(=O)O)c(-c3ccccc3)c2C1. The summed E-state index contributed by atoms with van der Waals surface area (Å²) < 4.78 is 0. The van der Waals surface area contributed by atoms with Crippen LogP contribution in [-0.2, 0) is 12.8 Å². The molecule has 0 spiro atoms. The number of hydrogen-bond acceptors (Lipinski definition) is 3. The van der Waals surface area contributed by atoms with E-state index in [-0.39, 0.29) is 10.7 Å². The number of hydrazine groups is 1. The van der Waals surface area contributed by atoms with Gasteiger partial charge in [-0.15, -0.1) is 0 Å². The van der Waals surface area contributed by atoms with Gasteiger partial charge in [0.15, 0.2) is 0 Å². The van der Waals surface area contributed by atoms with Crippen LogP contribution in [0, 0.1) is 5.92 Å². The molecule has 0 saturated heterocycles. The summed E-state index contributed by atoms with van der Waals surface area (Å²) in [5, 5.41) is 8.80. The summed E-state index contributed by atoms with van der Waals surface area (Å²) in [6, 6.07) is 9.49. The minimum absolute atomic E-state index is 0.0804. The third kappa shape index (κ3) is 3.58. The van der Waals surface area contributed by atoms with Crippen molar-refractivity contribution in [3.05, 3.63) is 52.3 Å². The van der Waals surface area contributed by atoms with E-state index in [0.717, 1.165) is 41.6 Å². The highest BCUT2D eigenvalue weighted by Gasteiger charge is 2.28. The molecule has 0 radical (unpaired) electrons. The summed E-state index contributed by atoms with van der Waals surface area (Å²) in [6.45, 7) is 2.16. The zero-order valence-electron chi connectivity index (χ0n) is 13.7. The van der Waals surface area contributed by atoms with E-state index in [2.05, 4.69) is 17.3 Å². The second-order valence-electron chi connectivity index (χ2n) is 6.18. The van der Waals surface area contributed by atoms with Gasteiger partial charge < -0.3 is 5.11 Å². The van der Waals surface area contributed by atoms with Crippen molar-refractivity contribution in [1.82, 2.24) is 15.8 Å². The average Bonchev–Trinajstić information content (AvgIpc) is 2.59. The fourth-order valence-electron chi connectivity index (χ4n) is 3.20. The van der Waals surface area contributed by atoms with Gasteiger partial charge in [0.1, 0.15) is 5.15 Å². The van der Waals surface area contributed by atoms with Crippen molar-refractivity contribution >= 4 is 23.6 Å². The zero-order valence-corrected chi connectivity index (χ0v) is 14.4. The van der Waals surface area contributed by atoms with Crippen LogP contribution in [0.25, 0.3) is 11.1 Å². The van der Waals surface area contributed by atoms with E-state index in [1.807, 2.05) is 35.8 Å². The van der Waals surface area contributed by atoms with Crippen molar-refractivity contribution in [2.24, 2.45) is 5.92 Å². The number of aryl methyl sites for hydroxylation is 1. The second kappa shape index (κ2) is 7.11. The molecule has 0 aliphatic heterocycles. The Labute approximate surface area is 150 Å². The van der Waals surface area contributed by atoms with E-state index in [1.165, 1.54) is 0 Å². The number of carboxylic acid groups (broad SMARTS) is 1. The van der Waals surface area contributed by atoms with Crippen LogP contribution in [0.5, 0.6) is 0 Å². The molecule has 7 heteroatoms. The average molecular weight is 360 g/mol. The third-order valence-corrected chi connectivity index (χ3v) is 4.61. The topological polar surface area (TPSA) is 91.3 Å². The smallest absolute Gasteiger partial charge is 0.423 e. The van der Waals surface area contributed by atoms with Gasteiger partial charge in [0, 0.05) is 11.3 Å². The molecule has 1 aliphatic rings. The molecule has 0 bridgehead atoms. The molecule has 0 saturated carbocycles. The summed E-state index contributed by atoms with van der Waals surface area (Å²) in [7, 11) is 0. The standard InChI is InChI=1S/C18H18ClN3O3/c1-10-7-8-13-12(9-10)14(11-5-3-2-4-6-11)15(16(19)20-13)17(23)21-22-18(24)25/h2-6,10,22H,7-9H2,1H3,(H,21,23)(H,24,25). The third-order valence-electron chi connectivity index (χ3n) is 4.34. The van der Waals surface area contributed by atoms with Gasteiger partial charge in [-0.25, -0.2) is 15.2 Å². The van der Waals surface area contributed by atoms with Crippen molar-refractivity contribution in [3.63, 3.8) is 0 Å². The van der Waals surface area contributed by atoms with Gasteiger partial charge in [-0.2, -0.15) is 0 Å². The highest BCUT2D eigenvalue weighted by atomic mass is 35.5. The molecule has 1 heterocycles. The number of rotatable bonds is 2. The first kappa shape index (κ1) is 17.2. The molecule has 1 aliphatic carbocycles. The van der Waals surface area contributed by atoms with E-state index in [1.54, 1.807) is 0 Å². The van der Waals surface area contributed by atoms with Gasteiger partial charge in [-0.05, 0) is 36.3 Å². The lowest BCUT2D eigenvalue weighted by atomic mass is 9.82. The highest BCUT2D eigenvalue weighted by molar-refractivity contribution is 6.33. The quantitative estimate of drug-likeness (QED) is 0.565. The lowest BCUT2D eigenvalue weighted by Gasteiger charge is -2.25. The van der Waals surface area contributed by atoms with Gasteiger partial charge in [-0.3, -0.25) is 10.2 Å². The lowest BCUT2D eigenvalue weighted by molar-refractivity contribution is 0.0927. The maximum Gasteiger partial charge on any atom is 0.423 e. The monoisotopic (exact) mass is 359 g/mol. The molecule has 1 aromatic carbocycles. The predicted molar refractivity (Wildman–Crippen MR) is 94.5 cm³/mol. The second-order valence-corrected chi connectivity index (χ2v) is 6.53. The fraction of sp³-hybridized carbons (Fsp3) is 0.278. The number of fused-ring (bicyclic) bond motifs is 1. The number of aromatic nitrogens is 1. The minimum Gasteiger partial charge on any atom is -0.464 e. The van der Waals surface area contributed by atoms with Crippen LogP contribution in [-0.4, -0.2) is 22.1 Å². The summed E-state index contributed by atoms with van der Waals surface area (Å²) in [5.74, 6) is -0.147. The van der Waals surface area contributed by atoms with E-state index in [9.17, 15) is 9.59 Å². The van der Waals surface area contributed by atoms with Crippen LogP contribution in [0.1, 0.15) is 35.0 Å². The molecule has 3 N–H and O–H groups in total. The first-order valence-corrected chi connectivity index (χ1v) is 8.41. The van der Waals surface area contributed by atoms with Crippen LogP contribution in [0.15, 0.2) is 30.3 Å². The maximum absolute atomic E-state index is 12.6. The molecular weight excluding hydrogens is 342 g/mol. The van der Waals surface area contributed by atoms with Gasteiger partial charge in [0.25, 0.3) is 5.91 Å². The Morgan fingerprint density at radius 3 is 2.64 bits per heavy atom. The molecule has 1 atom stereocenters. The number of halogens is 1. The van der Waals surface area contributed by atoms with Gasteiger partial charge in [0.05, 0.1) is 5.56 Å². The zero-order chi connectivity index (χ0) is 18.0. The molecule has 6 nitrogen and oxygen atoms in total. The van der Waals surface area contributed by atoms with Crippen molar-refractivity contribution in [2.75, 3.05) is 0 Å². The number of hydrogen-bond donors (Lipinski definition) is 3. The van der Waals surface area contributed by atoms with Crippen LogP contribution in [0.4, 0.5) is 4.79 Å². The van der Waals surface area contributed by atoms with Gasteiger partial charge >= 0.3 is 6.09 Å². The Hall–Kier alpha value is -2.60. The van der Waals surface area contributed by atoms with Crippen molar-refractivity contribution < 1.29 is 14.7 Å². The number of nitrogens with one attached hydrogen (secondary N) is 2. The summed E-state index contributed by atoms with van der Waals surface area (Å²) in [5.41, 5.74) is 7.72. The predicted octanol–water partition coefficient (Wildman–Crippen LogP) is 3.44. The van der Waals surface area contributed by atoms with Crippen LogP contribution >= 0.6 is 11.6 Å². The van der Waals surface area contributed by atoms with Crippen molar-refractivity contribution in [3.8, 4) is 11.1 Å². The normalized spacial score (nSPS) is 16.0. The summed E-state index contributed by atoms with van der Waals surface area (Å²) in [4.78, 5) is 27.7. The Morgan fingerprint density at radius 2 is 1.96 bits per heavy atom. The molecular formula is C18H18ClN3O3. The Bertz CT molecular complexity index is 824. The van der Waals surface area contributed by atoms with E-state index >= 15 is 0 Å². The molecule has 130 valence electrons. The minimum atomic E-state index is -1.36. The van der Waals surface area contributed by atoms with Crippen molar-refractivity contribution in [2.45, 2.75) is 26.2 Å². The number of carbonyl (C=O) groups excluding carboxylic acids is 1.